The minimum Gasteiger partial charge on any atom is -0.466 e. The molecule has 0 heterocycles. The van der Waals surface area contributed by atoms with Crippen molar-refractivity contribution in [3.05, 3.63) is 34.9 Å². The zero-order valence-corrected chi connectivity index (χ0v) is 25.1. The fourth-order valence-electron chi connectivity index (χ4n) is 4.67. The summed E-state index contributed by atoms with van der Waals surface area (Å²) in [4.78, 5) is 54.4. The molecule has 39 heavy (non-hydrogen) atoms. The van der Waals surface area contributed by atoms with Crippen molar-refractivity contribution in [1.82, 2.24) is 15.5 Å². The van der Waals surface area contributed by atoms with Gasteiger partial charge in [0.2, 0.25) is 11.8 Å². The molecule has 0 radical (unpaired) electrons. The monoisotopic (exact) mass is 545 g/mol. The second-order valence-electron chi connectivity index (χ2n) is 11.7. The summed E-state index contributed by atoms with van der Waals surface area (Å²) in [6.45, 7) is 17.2. The van der Waals surface area contributed by atoms with Crippen molar-refractivity contribution in [2.45, 2.75) is 105 Å². The second-order valence-corrected chi connectivity index (χ2v) is 11.7. The van der Waals surface area contributed by atoms with E-state index in [2.05, 4.69) is 10.6 Å². The van der Waals surface area contributed by atoms with E-state index in [1.807, 2.05) is 52.8 Å². The van der Waals surface area contributed by atoms with Gasteiger partial charge in [-0.1, -0.05) is 56.5 Å². The molecule has 0 spiro atoms. The highest BCUT2D eigenvalue weighted by molar-refractivity contribution is 5.93. The lowest BCUT2D eigenvalue weighted by atomic mass is 9.94. The topological polar surface area (TPSA) is 114 Å². The fraction of sp³-hybridized carbons (Fsp3) is 0.667. The maximum atomic E-state index is 14.3. The minimum atomic E-state index is -0.930. The van der Waals surface area contributed by atoms with E-state index in [4.69, 9.17) is 9.47 Å². The molecule has 218 valence electrons. The Bertz CT molecular complexity index is 1010. The summed E-state index contributed by atoms with van der Waals surface area (Å²) in [7, 11) is 0. The summed E-state index contributed by atoms with van der Waals surface area (Å²) in [6, 6.07) is 3.87. The Hall–Kier alpha value is -3.10. The Balaban J connectivity index is 2.49. The van der Waals surface area contributed by atoms with Gasteiger partial charge in [0, 0.05) is 12.6 Å². The molecular formula is C30H47N3O6. The smallest absolute Gasteiger partial charge is 0.408 e. The molecule has 5 atom stereocenters. The summed E-state index contributed by atoms with van der Waals surface area (Å²) in [5.74, 6) is -1.10. The normalized spacial score (nSPS) is 18.8. The molecule has 3 amide bonds. The van der Waals surface area contributed by atoms with Crippen LogP contribution in [-0.4, -0.2) is 59.6 Å². The average Bonchev–Trinajstić information content (AvgIpc) is 3.53. The summed E-state index contributed by atoms with van der Waals surface area (Å²) in [5, 5.41) is 5.65. The van der Waals surface area contributed by atoms with Crippen molar-refractivity contribution >= 4 is 23.9 Å². The number of hydrogen-bond acceptors (Lipinski definition) is 6. The van der Waals surface area contributed by atoms with Gasteiger partial charge < -0.3 is 25.0 Å². The van der Waals surface area contributed by atoms with E-state index >= 15 is 0 Å². The Labute approximate surface area is 233 Å². The maximum absolute atomic E-state index is 14.3. The number of amides is 3. The van der Waals surface area contributed by atoms with Crippen LogP contribution in [-0.2, 0) is 23.9 Å². The highest BCUT2D eigenvalue weighted by Crippen LogP contribution is 2.41. The van der Waals surface area contributed by atoms with E-state index in [0.717, 1.165) is 17.5 Å². The number of rotatable bonds is 12. The summed E-state index contributed by atoms with van der Waals surface area (Å²) in [5.41, 5.74) is 1.90. The molecule has 0 saturated heterocycles. The molecular weight excluding hydrogens is 498 g/mol. The predicted octanol–water partition coefficient (Wildman–Crippen LogP) is 4.59. The highest BCUT2D eigenvalue weighted by Gasteiger charge is 2.49. The lowest BCUT2D eigenvalue weighted by molar-refractivity contribution is -0.145. The first-order valence-electron chi connectivity index (χ1n) is 14.0. The lowest BCUT2D eigenvalue weighted by Gasteiger charge is -2.36. The molecule has 5 unspecified atom stereocenters. The third-order valence-corrected chi connectivity index (χ3v) is 6.85. The van der Waals surface area contributed by atoms with E-state index in [0.29, 0.717) is 12.0 Å². The van der Waals surface area contributed by atoms with Crippen LogP contribution in [0.1, 0.15) is 90.5 Å². The van der Waals surface area contributed by atoms with Gasteiger partial charge in [0.05, 0.1) is 13.0 Å². The third-order valence-electron chi connectivity index (χ3n) is 6.85. The second kappa shape index (κ2) is 13.8. The Morgan fingerprint density at radius 3 is 2.15 bits per heavy atom. The number of hydrogen-bond donors (Lipinski definition) is 2. The maximum Gasteiger partial charge on any atom is 0.408 e. The van der Waals surface area contributed by atoms with Gasteiger partial charge in [0.1, 0.15) is 17.7 Å². The van der Waals surface area contributed by atoms with E-state index in [1.165, 1.54) is 0 Å². The van der Waals surface area contributed by atoms with Crippen molar-refractivity contribution in [3.63, 3.8) is 0 Å². The van der Waals surface area contributed by atoms with E-state index < -0.39 is 29.7 Å². The number of aryl methyl sites for hydroxylation is 2. The molecule has 0 aliphatic heterocycles. The van der Waals surface area contributed by atoms with Gasteiger partial charge in [-0.05, 0) is 65.4 Å². The highest BCUT2D eigenvalue weighted by atomic mass is 16.6. The average molecular weight is 546 g/mol. The standard InChI is InChI=1S/C30H47N3O6/c1-10-20(5)25(32-29(37)39-30(7,8)9)28(36)33(23-17-21(23)6)26(22-15-18(3)14-19(4)16-22)27(35)31-13-12-24(34)38-11-2/h14-16,20-21,23,25-26H,10-13,17H2,1-9H3,(H,31,35)(H,32,37). The predicted molar refractivity (Wildman–Crippen MR) is 150 cm³/mol. The largest absolute Gasteiger partial charge is 0.466 e. The molecule has 1 aromatic rings. The molecule has 1 aliphatic rings. The number of carbonyl (C=O) groups is 4. The number of esters is 1. The van der Waals surface area contributed by atoms with Crippen LogP contribution in [0.25, 0.3) is 0 Å². The van der Waals surface area contributed by atoms with Gasteiger partial charge in [-0.25, -0.2) is 4.79 Å². The molecule has 9 nitrogen and oxygen atoms in total. The van der Waals surface area contributed by atoms with Gasteiger partial charge in [0.15, 0.2) is 0 Å². The summed E-state index contributed by atoms with van der Waals surface area (Å²) >= 11 is 0. The van der Waals surface area contributed by atoms with Crippen LogP contribution in [0.15, 0.2) is 18.2 Å². The van der Waals surface area contributed by atoms with Crippen molar-refractivity contribution in [3.8, 4) is 0 Å². The third kappa shape index (κ3) is 9.55. The number of nitrogens with one attached hydrogen (secondary N) is 2. The zero-order chi connectivity index (χ0) is 29.5. The van der Waals surface area contributed by atoms with Crippen LogP contribution in [0.4, 0.5) is 4.79 Å². The van der Waals surface area contributed by atoms with Gasteiger partial charge in [-0.2, -0.15) is 0 Å². The van der Waals surface area contributed by atoms with E-state index in [1.54, 1.807) is 32.6 Å². The van der Waals surface area contributed by atoms with Gasteiger partial charge in [0.25, 0.3) is 0 Å². The van der Waals surface area contributed by atoms with Crippen LogP contribution in [0.5, 0.6) is 0 Å². The van der Waals surface area contributed by atoms with Crippen molar-refractivity contribution in [2.75, 3.05) is 13.2 Å². The van der Waals surface area contributed by atoms with Crippen LogP contribution in [0.2, 0.25) is 0 Å². The van der Waals surface area contributed by atoms with Crippen LogP contribution >= 0.6 is 0 Å². The van der Waals surface area contributed by atoms with Crippen molar-refractivity contribution in [2.24, 2.45) is 11.8 Å². The molecule has 0 aromatic heterocycles. The van der Waals surface area contributed by atoms with E-state index in [-0.39, 0.29) is 49.3 Å². The first-order chi connectivity index (χ1) is 18.2. The zero-order valence-electron chi connectivity index (χ0n) is 25.1. The van der Waals surface area contributed by atoms with E-state index in [9.17, 15) is 19.2 Å². The van der Waals surface area contributed by atoms with Crippen LogP contribution < -0.4 is 10.6 Å². The van der Waals surface area contributed by atoms with Gasteiger partial charge in [-0.15, -0.1) is 0 Å². The molecule has 9 heteroatoms. The number of carbonyl (C=O) groups excluding carboxylic acids is 4. The summed E-state index contributed by atoms with van der Waals surface area (Å²) in [6.07, 6.45) is 0.748. The Morgan fingerprint density at radius 1 is 1.08 bits per heavy atom. The van der Waals surface area contributed by atoms with Gasteiger partial charge >= 0.3 is 12.1 Å². The molecule has 1 aromatic carbocycles. The molecule has 1 fully saturated rings. The Morgan fingerprint density at radius 2 is 1.67 bits per heavy atom. The number of nitrogens with zero attached hydrogens (tertiary/aromatic N) is 1. The fourth-order valence-corrected chi connectivity index (χ4v) is 4.67. The number of benzene rings is 1. The van der Waals surface area contributed by atoms with Crippen molar-refractivity contribution in [1.29, 1.82) is 0 Å². The first-order valence-corrected chi connectivity index (χ1v) is 14.0. The minimum absolute atomic E-state index is 0.0304. The van der Waals surface area contributed by atoms with Crippen molar-refractivity contribution < 1.29 is 28.7 Å². The SMILES string of the molecule is CCOC(=O)CCNC(=O)C(c1cc(C)cc(C)c1)N(C(=O)C(NC(=O)OC(C)(C)C)C(C)CC)C1CC1C. The first kappa shape index (κ1) is 32.1. The molecule has 2 N–H and O–H groups in total. The number of ether oxygens (including phenoxy) is 2. The number of alkyl carbamates (subject to hydrolysis) is 1. The summed E-state index contributed by atoms with van der Waals surface area (Å²) < 4.78 is 10.4. The molecule has 1 saturated carbocycles. The molecule has 0 bridgehead atoms. The molecule has 1 aliphatic carbocycles. The quantitative estimate of drug-likeness (QED) is 0.372. The Kier molecular flexibility index (Phi) is 11.4. The van der Waals surface area contributed by atoms with Crippen LogP contribution in [0, 0.1) is 25.7 Å². The van der Waals surface area contributed by atoms with Gasteiger partial charge in [-0.3, -0.25) is 14.4 Å². The lowest BCUT2D eigenvalue weighted by Crippen LogP contribution is -2.56. The molecule has 2 rings (SSSR count). The van der Waals surface area contributed by atoms with Crippen LogP contribution in [0.3, 0.4) is 0 Å².